The van der Waals surface area contributed by atoms with E-state index >= 15 is 0 Å². The number of aromatic carboxylic acids is 6. The van der Waals surface area contributed by atoms with Gasteiger partial charge in [0.1, 0.15) is 93.1 Å². The molecule has 0 radical (unpaired) electrons. The van der Waals surface area contributed by atoms with Gasteiger partial charge in [-0.25, -0.2) is 38.7 Å². The fourth-order valence-electron chi connectivity index (χ4n) is 14.8. The van der Waals surface area contributed by atoms with Crippen LogP contribution in [0.5, 0.6) is 46.0 Å². The van der Waals surface area contributed by atoms with Crippen molar-refractivity contribution in [1.82, 2.24) is 40.6 Å². The Kier molecular flexibility index (Phi) is 34.2. The highest BCUT2D eigenvalue weighted by atomic mass is 32.2. The number of thioether (sulfide) groups is 6. The van der Waals surface area contributed by atoms with E-state index in [0.717, 1.165) is 47.3 Å². The smallest absolute Gasteiger partial charge is 0.535 e. The predicted molar refractivity (Wildman–Crippen MR) is 516 cm³/mol. The van der Waals surface area contributed by atoms with Gasteiger partial charge < -0.3 is 115 Å². The third kappa shape index (κ3) is 24.5. The summed E-state index contributed by atoms with van der Waals surface area (Å²) in [5.74, 6) is -3.83. The monoisotopic (exact) mass is 2020 g/mol. The number of aryl methyl sites for hydroxylation is 6. The molecule has 7 aliphatic rings. The molecule has 6 atom stereocenters. The third-order valence-corrected chi connectivity index (χ3v) is 33.4. The second-order valence-electron chi connectivity index (χ2n) is 30.3. The minimum absolute atomic E-state index is 0.00264. The van der Waals surface area contributed by atoms with Crippen LogP contribution in [0, 0.1) is 34.6 Å². The van der Waals surface area contributed by atoms with Crippen LogP contribution in [0.3, 0.4) is 0 Å². The van der Waals surface area contributed by atoms with Gasteiger partial charge in [-0.05, 0) is 165 Å². The number of rotatable bonds is 22. The van der Waals surface area contributed by atoms with Gasteiger partial charge in [-0.1, -0.05) is 142 Å². The van der Waals surface area contributed by atoms with Gasteiger partial charge in [0.15, 0.2) is 8.68 Å². The number of nitrogens with two attached hydrogens (primary N) is 3. The van der Waals surface area contributed by atoms with E-state index in [9.17, 15) is 89.6 Å². The lowest BCUT2D eigenvalue weighted by Gasteiger charge is -2.33. The lowest BCUT2D eigenvalue weighted by molar-refractivity contribution is 0.0678. The zero-order valence-corrected chi connectivity index (χ0v) is 80.3. The molecule has 6 aliphatic heterocycles. The standard InChI is InChI=1S/C14H16BN3O5S2.C14H17BO4S.C13H14BN3O5S2.2C13H12BNO4S2.C12H12BN3O4S2/c1-22-8-3-2-7-6-9(15(21)23-12(7)11(8)13(19)20)24-5-4-10-17-18-14(16)25-10;1-8-5-6-9-7-11(20-10-3-2-4-10)15(18)19-13(9)12(8)14(16)17;1-5-3-6-4-7(23-13-17-16-12(15)24-13)14(20)22-10(6)8(11(18)19)9(5)21-2;2*1-7-2-3-8-6-9(21-13-15-4-5-20-13)14(18)19-11(8)10(7)12(16)17;1-5-2-3-6-4-7(21-12-16-15-11(14)22-12)13(19)20-9(6)8(5)10(17)18/h2-3,9,21H,4-6H2,1H3,(H2,16,18)(H,19,20);5-6,10-11,18H,2-4,7H2,1H3,(H,16,17);3,7,20H,4H2,1-2H3,(H2,15,16)(H,18,19);2*2-5,9,18H,6H2,1H3,(H,16,17);2-3,7,19H,4H2,1H3,(H2,14,15)(H,17,18)/t9-;11-;7-;2*9-;7-/m000000/s1. The van der Waals surface area contributed by atoms with Gasteiger partial charge in [-0.15, -0.1) is 53.3 Å². The maximum atomic E-state index is 11.6. The number of benzene rings is 6. The molecule has 37 nitrogen and oxygen atoms in total. The van der Waals surface area contributed by atoms with Crippen LogP contribution < -0.4 is 54.6 Å². The van der Waals surface area contributed by atoms with E-state index in [0.29, 0.717) is 113 Å². The van der Waals surface area contributed by atoms with Crippen molar-refractivity contribution < 1.29 is 127 Å². The Morgan fingerprint density at radius 2 is 0.729 bits per heavy atom. The molecule has 0 unspecified atom stereocenters. The van der Waals surface area contributed by atoms with E-state index in [2.05, 4.69) is 40.6 Å². The number of nitrogen functional groups attached to an aromatic ring is 3. The molecular formula is C79H83B6N11O26S11. The Balaban J connectivity index is 0.000000136. The molecule has 133 heavy (non-hydrogen) atoms. The van der Waals surface area contributed by atoms with Crippen LogP contribution in [0.2, 0.25) is 0 Å². The first-order chi connectivity index (χ1) is 63.5. The second-order valence-corrected chi connectivity index (χ2v) is 44.0. The molecule has 11 aromatic rings. The van der Waals surface area contributed by atoms with Crippen LogP contribution in [0.1, 0.15) is 148 Å². The summed E-state index contributed by atoms with van der Waals surface area (Å²) in [6, 6.07) is 19.7. The summed E-state index contributed by atoms with van der Waals surface area (Å²) in [5.41, 5.74) is 24.9. The molecule has 18 rings (SSSR count). The predicted octanol–water partition coefficient (Wildman–Crippen LogP) is 10.5. The molecular weight excluding hydrogens is 1940 g/mol. The molecule has 0 saturated heterocycles. The maximum absolute atomic E-state index is 11.6. The number of carboxylic acids is 6. The highest BCUT2D eigenvalue weighted by Crippen LogP contribution is 2.48. The Bertz CT molecular complexity index is 5960. The summed E-state index contributed by atoms with van der Waals surface area (Å²) in [4.78, 5) is 76.9. The summed E-state index contributed by atoms with van der Waals surface area (Å²) >= 11 is 15.6. The Morgan fingerprint density at radius 1 is 0.398 bits per heavy atom. The quantitative estimate of drug-likeness (QED) is 0.0280. The molecule has 1 aliphatic carbocycles. The second kappa shape index (κ2) is 45.2. The zero-order valence-electron chi connectivity index (χ0n) is 71.3. The van der Waals surface area contributed by atoms with Crippen LogP contribution in [0.15, 0.2) is 107 Å². The van der Waals surface area contributed by atoms with Gasteiger partial charge in [0, 0.05) is 34.8 Å². The van der Waals surface area contributed by atoms with E-state index in [1.165, 1.54) is 137 Å². The molecule has 6 aromatic carbocycles. The Morgan fingerprint density at radius 3 is 1.06 bits per heavy atom. The van der Waals surface area contributed by atoms with E-state index in [1.54, 1.807) is 101 Å². The lowest BCUT2D eigenvalue weighted by Crippen LogP contribution is -2.42. The van der Waals surface area contributed by atoms with Crippen LogP contribution in [-0.4, -0.2) is 236 Å². The summed E-state index contributed by atoms with van der Waals surface area (Å²) in [6.07, 6.45) is 10.9. The minimum Gasteiger partial charge on any atom is -0.535 e. The topological polar surface area (TPSA) is 600 Å². The summed E-state index contributed by atoms with van der Waals surface area (Å²) < 4.78 is 46.3. The van der Waals surface area contributed by atoms with Crippen LogP contribution >= 0.6 is 127 Å². The Hall–Kier alpha value is -9.87. The molecule has 1 fully saturated rings. The van der Waals surface area contributed by atoms with Crippen molar-refractivity contribution in [2.75, 3.05) is 37.2 Å². The first-order valence-corrected chi connectivity index (χ1v) is 50.1. The maximum Gasteiger partial charge on any atom is 0.537 e. The van der Waals surface area contributed by atoms with Gasteiger partial charge >= 0.3 is 78.5 Å². The number of fused-ring (bicyclic) bond motifs is 6. The summed E-state index contributed by atoms with van der Waals surface area (Å²) in [6.45, 7) is 8.65. The highest BCUT2D eigenvalue weighted by molar-refractivity contribution is 8.04. The highest BCUT2D eigenvalue weighted by Gasteiger charge is 2.46. The first kappa shape index (κ1) is 101. The first-order valence-electron chi connectivity index (χ1n) is 40.4. The molecule has 0 bridgehead atoms. The average Bonchev–Trinajstić information content (AvgIpc) is 1.77. The lowest BCUT2D eigenvalue weighted by atomic mass is 9.77. The van der Waals surface area contributed by atoms with Crippen LogP contribution in [0.4, 0.5) is 15.4 Å². The van der Waals surface area contributed by atoms with Crippen molar-refractivity contribution in [2.24, 2.45) is 0 Å². The number of hydrogen-bond donors (Lipinski definition) is 15. The third-order valence-electron chi connectivity index (χ3n) is 21.3. The fourth-order valence-corrected chi connectivity index (χ4v) is 26.0. The number of hydrogen-bond acceptors (Lipinski definition) is 42. The van der Waals surface area contributed by atoms with E-state index in [1.807, 2.05) is 47.2 Å². The molecule has 694 valence electrons. The van der Waals surface area contributed by atoms with Gasteiger partial charge in [-0.2, -0.15) is 23.5 Å². The average molecular weight is 2020 g/mol. The van der Waals surface area contributed by atoms with Crippen molar-refractivity contribution in [3.8, 4) is 46.0 Å². The summed E-state index contributed by atoms with van der Waals surface area (Å²) in [7, 11) is -3.63. The largest absolute Gasteiger partial charge is 0.537 e. The van der Waals surface area contributed by atoms with Gasteiger partial charge in [0.25, 0.3) is 0 Å². The van der Waals surface area contributed by atoms with E-state index < -0.39 is 78.5 Å². The van der Waals surface area contributed by atoms with Crippen molar-refractivity contribution in [3.63, 3.8) is 0 Å². The molecule has 11 heterocycles. The Labute approximate surface area is 807 Å². The molecule has 1 saturated carbocycles. The summed E-state index contributed by atoms with van der Waals surface area (Å²) in [5, 5.41) is 145. The number of carboxylic acid groups (broad SMARTS) is 6. The molecule has 0 amide bonds. The molecule has 54 heteroatoms. The molecule has 5 aromatic heterocycles. The SMILES string of the molecule is COc1c(C)cc2c(c1C(=O)O)OB(O)[C@@H](Sc1nnc(N)s1)C2.COc1ccc2c(c1C(=O)O)OB(O)[C@@H](SCCc1nnc(N)s1)C2.Cc1ccc2c(c1C(=O)O)OB(O)[C@@H](SC1CCC1)C2.Cc1ccc2c(c1C(=O)O)OB(O)[C@@H](Sc1nccs1)C2.Cc1ccc2c(c1C(=O)O)OB(O)[C@@H](Sc1nccs1)C2.Cc1ccc2c(c1C(=O)O)OB(O)[C@@H](Sc1nnc(N)s1)C2. The number of methoxy groups -OCH3 is 2. The fraction of sp³-hybridized carbons (Fsp3) is 0.316. The van der Waals surface area contributed by atoms with E-state index in [-0.39, 0.29) is 105 Å². The van der Waals surface area contributed by atoms with Gasteiger partial charge in [0.2, 0.25) is 15.4 Å². The van der Waals surface area contributed by atoms with Crippen molar-refractivity contribution in [2.45, 2.75) is 152 Å². The normalized spacial score (nSPS) is 17.6. The number of ether oxygens (including phenoxy) is 2. The van der Waals surface area contributed by atoms with Gasteiger partial charge in [0.05, 0.1) is 45.1 Å². The van der Waals surface area contributed by atoms with Crippen molar-refractivity contribution in [3.05, 3.63) is 189 Å². The van der Waals surface area contributed by atoms with Crippen molar-refractivity contribution >= 4 is 221 Å². The number of nitrogens with zero attached hydrogens (tertiary/aromatic N) is 8. The molecule has 18 N–H and O–H groups in total. The zero-order chi connectivity index (χ0) is 95.5. The number of carbonyl (C=O) groups is 6. The number of anilines is 3. The van der Waals surface area contributed by atoms with Crippen LogP contribution in [-0.2, 0) is 44.9 Å². The van der Waals surface area contributed by atoms with Crippen molar-refractivity contribution in [1.29, 1.82) is 0 Å². The van der Waals surface area contributed by atoms with Crippen LogP contribution in [0.25, 0.3) is 0 Å². The van der Waals surface area contributed by atoms with E-state index in [4.69, 9.17) is 54.6 Å². The molecule has 0 spiro atoms. The number of aromatic nitrogens is 8. The number of thiazole rings is 2. The minimum atomic E-state index is -1.18. The van der Waals surface area contributed by atoms with Gasteiger partial charge in [-0.3, -0.25) is 0 Å².